The van der Waals surface area contributed by atoms with Gasteiger partial charge in [-0.25, -0.2) is 4.98 Å². The van der Waals surface area contributed by atoms with Gasteiger partial charge in [0.25, 0.3) is 0 Å². The molecule has 0 unspecified atom stereocenters. The van der Waals surface area contributed by atoms with Crippen LogP contribution in [-0.4, -0.2) is 15.7 Å². The molecule has 4 fully saturated rings. The molecule has 1 heterocycles. The molecule has 0 aliphatic heterocycles. The third kappa shape index (κ3) is 1.60. The van der Waals surface area contributed by atoms with Gasteiger partial charge in [0.2, 0.25) is 0 Å². The van der Waals surface area contributed by atoms with Crippen molar-refractivity contribution in [2.75, 3.05) is 0 Å². The van der Waals surface area contributed by atoms with Crippen LogP contribution in [0.2, 0.25) is 0 Å². The first-order valence-electron chi connectivity index (χ1n) is 7.27. The minimum Gasteiger partial charge on any atom is -0.389 e. The molecule has 0 spiro atoms. The lowest BCUT2D eigenvalue weighted by atomic mass is 9.49. The summed E-state index contributed by atoms with van der Waals surface area (Å²) in [5.41, 5.74) is 0.681. The number of hydrogen-bond donors (Lipinski definition) is 1. The van der Waals surface area contributed by atoms with E-state index in [1.54, 1.807) is 11.3 Å². The van der Waals surface area contributed by atoms with Crippen molar-refractivity contribution >= 4 is 11.3 Å². The lowest BCUT2D eigenvalue weighted by Gasteiger charge is -2.59. The van der Waals surface area contributed by atoms with E-state index in [4.69, 9.17) is 0 Å². The first-order chi connectivity index (χ1) is 8.63. The van der Waals surface area contributed by atoms with Crippen molar-refractivity contribution in [3.05, 3.63) is 16.1 Å². The lowest BCUT2D eigenvalue weighted by Crippen LogP contribution is -2.58. The van der Waals surface area contributed by atoms with Gasteiger partial charge in [-0.15, -0.1) is 11.3 Å². The van der Waals surface area contributed by atoms with Gasteiger partial charge in [0, 0.05) is 11.8 Å². The molecule has 0 saturated heterocycles. The van der Waals surface area contributed by atoms with Crippen molar-refractivity contribution in [1.29, 1.82) is 0 Å². The smallest absolute Gasteiger partial charge is 0.0897 e. The Kier molecular flexibility index (Phi) is 2.41. The summed E-state index contributed by atoms with van der Waals surface area (Å²) in [5, 5.41) is 14.5. The molecule has 4 bridgehead atoms. The van der Waals surface area contributed by atoms with Crippen LogP contribution in [0.3, 0.4) is 0 Å². The molecular formula is C15H21NOS. The lowest BCUT2D eigenvalue weighted by molar-refractivity contribution is -0.172. The van der Waals surface area contributed by atoms with Crippen LogP contribution >= 0.6 is 11.3 Å². The molecule has 4 aliphatic rings. The zero-order valence-corrected chi connectivity index (χ0v) is 11.7. The molecular weight excluding hydrogens is 242 g/mol. The van der Waals surface area contributed by atoms with Crippen LogP contribution in [0.25, 0.3) is 0 Å². The maximum Gasteiger partial charge on any atom is 0.0897 e. The predicted octanol–water partition coefficient (Wildman–Crippen LogP) is 3.18. The van der Waals surface area contributed by atoms with Gasteiger partial charge in [-0.2, -0.15) is 0 Å². The molecule has 3 heteroatoms. The molecule has 0 atom stereocenters. The summed E-state index contributed by atoms with van der Waals surface area (Å²) in [6.07, 6.45) is 7.32. The maximum atomic E-state index is 11.2. The average Bonchev–Trinajstić information content (AvgIpc) is 2.71. The van der Waals surface area contributed by atoms with Crippen molar-refractivity contribution < 1.29 is 5.11 Å². The SMILES string of the molecule is Cc1nc(CC2(O)C3CC4CC(C3)CC2C4)cs1. The van der Waals surface area contributed by atoms with Crippen molar-refractivity contribution in [2.24, 2.45) is 23.7 Å². The van der Waals surface area contributed by atoms with Crippen molar-refractivity contribution in [2.45, 2.75) is 51.0 Å². The largest absolute Gasteiger partial charge is 0.389 e. The number of thiazole rings is 1. The van der Waals surface area contributed by atoms with Gasteiger partial charge in [-0.3, -0.25) is 0 Å². The monoisotopic (exact) mass is 263 g/mol. The van der Waals surface area contributed by atoms with Gasteiger partial charge >= 0.3 is 0 Å². The highest BCUT2D eigenvalue weighted by Crippen LogP contribution is 2.59. The molecule has 1 aromatic heterocycles. The highest BCUT2D eigenvalue weighted by molar-refractivity contribution is 7.09. The summed E-state index contributed by atoms with van der Waals surface area (Å²) in [5.74, 6) is 2.95. The topological polar surface area (TPSA) is 33.1 Å². The van der Waals surface area contributed by atoms with Crippen LogP contribution in [-0.2, 0) is 6.42 Å². The Morgan fingerprint density at radius 2 is 1.83 bits per heavy atom. The third-order valence-corrected chi connectivity index (χ3v) is 6.51. The van der Waals surface area contributed by atoms with E-state index in [1.165, 1.54) is 32.1 Å². The molecule has 0 amide bonds. The summed E-state index contributed by atoms with van der Waals surface area (Å²) < 4.78 is 0. The zero-order chi connectivity index (χ0) is 12.3. The van der Waals surface area contributed by atoms with Gasteiger partial charge in [-0.05, 0) is 62.7 Å². The molecule has 98 valence electrons. The van der Waals surface area contributed by atoms with Crippen LogP contribution in [0.4, 0.5) is 0 Å². The normalized spacial score (nSPS) is 45.7. The number of nitrogens with zero attached hydrogens (tertiary/aromatic N) is 1. The average molecular weight is 263 g/mol. The van der Waals surface area contributed by atoms with Gasteiger partial charge < -0.3 is 5.11 Å². The van der Waals surface area contributed by atoms with Crippen LogP contribution in [0, 0.1) is 30.6 Å². The van der Waals surface area contributed by atoms with E-state index in [0.29, 0.717) is 11.8 Å². The number of hydrogen-bond acceptors (Lipinski definition) is 3. The first kappa shape index (κ1) is 11.4. The van der Waals surface area contributed by atoms with Crippen molar-refractivity contribution in [3.63, 3.8) is 0 Å². The minimum absolute atomic E-state index is 0.437. The highest BCUT2D eigenvalue weighted by atomic mass is 32.1. The van der Waals surface area contributed by atoms with Crippen LogP contribution in [0.5, 0.6) is 0 Å². The standard InChI is InChI=1S/C15H21NOS/c1-9-16-14(8-18-9)7-15(17)12-3-10-2-11(5-12)6-13(15)4-10/h8,10-13,17H,2-7H2,1H3. The van der Waals surface area contributed by atoms with Gasteiger partial charge in [-0.1, -0.05) is 0 Å². The molecule has 1 aromatic rings. The summed E-state index contributed by atoms with van der Waals surface area (Å²) >= 11 is 1.71. The first-order valence-corrected chi connectivity index (χ1v) is 8.15. The highest BCUT2D eigenvalue weighted by Gasteiger charge is 2.56. The molecule has 1 N–H and O–H groups in total. The third-order valence-electron chi connectivity index (χ3n) is 5.68. The van der Waals surface area contributed by atoms with E-state index in [0.717, 1.165) is 29.0 Å². The fourth-order valence-corrected chi connectivity index (χ4v) is 5.68. The Bertz CT molecular complexity index is 439. The Hall–Kier alpha value is -0.410. The molecule has 2 nitrogen and oxygen atoms in total. The fourth-order valence-electron chi connectivity index (χ4n) is 5.07. The Labute approximate surface area is 112 Å². The van der Waals surface area contributed by atoms with E-state index in [-0.39, 0.29) is 0 Å². The molecule has 0 radical (unpaired) electrons. The molecule has 0 aromatic carbocycles. The van der Waals surface area contributed by atoms with E-state index in [2.05, 4.69) is 17.3 Å². The molecule has 4 aliphatic carbocycles. The van der Waals surface area contributed by atoms with Crippen LogP contribution in [0.1, 0.15) is 42.8 Å². The second-order valence-corrected chi connectivity index (χ2v) is 7.89. The van der Waals surface area contributed by atoms with Crippen molar-refractivity contribution in [3.8, 4) is 0 Å². The fraction of sp³-hybridized carbons (Fsp3) is 0.800. The molecule has 18 heavy (non-hydrogen) atoms. The van der Waals surface area contributed by atoms with E-state index in [9.17, 15) is 5.11 Å². The van der Waals surface area contributed by atoms with Crippen molar-refractivity contribution in [1.82, 2.24) is 4.98 Å². The summed E-state index contributed by atoms with van der Waals surface area (Å²) in [7, 11) is 0. The van der Waals surface area contributed by atoms with Gasteiger partial charge in [0.05, 0.1) is 16.3 Å². The quantitative estimate of drug-likeness (QED) is 0.889. The maximum absolute atomic E-state index is 11.2. The van der Waals surface area contributed by atoms with Crippen LogP contribution < -0.4 is 0 Å². The Morgan fingerprint density at radius 1 is 1.22 bits per heavy atom. The zero-order valence-electron chi connectivity index (χ0n) is 10.9. The predicted molar refractivity (Wildman–Crippen MR) is 72.5 cm³/mol. The van der Waals surface area contributed by atoms with E-state index >= 15 is 0 Å². The van der Waals surface area contributed by atoms with E-state index in [1.807, 2.05) is 0 Å². The van der Waals surface area contributed by atoms with E-state index < -0.39 is 5.60 Å². The second kappa shape index (κ2) is 3.80. The number of rotatable bonds is 2. The summed E-state index contributed by atoms with van der Waals surface area (Å²) in [6, 6.07) is 0. The van der Waals surface area contributed by atoms with Gasteiger partial charge in [0.15, 0.2) is 0 Å². The summed E-state index contributed by atoms with van der Waals surface area (Å²) in [4.78, 5) is 4.57. The summed E-state index contributed by atoms with van der Waals surface area (Å²) in [6.45, 7) is 2.05. The number of aromatic nitrogens is 1. The van der Waals surface area contributed by atoms with Gasteiger partial charge in [0.1, 0.15) is 0 Å². The molecule has 4 saturated carbocycles. The van der Waals surface area contributed by atoms with Crippen LogP contribution in [0.15, 0.2) is 5.38 Å². The molecule has 5 rings (SSSR count). The second-order valence-electron chi connectivity index (χ2n) is 6.83. The minimum atomic E-state index is -0.437. The number of aliphatic hydroxyl groups is 1. The number of aryl methyl sites for hydroxylation is 1. The Balaban J connectivity index is 1.62. The Morgan fingerprint density at radius 3 is 2.33 bits per heavy atom.